The number of likely N-dealkylation sites (N-methyl/N-ethyl adjacent to an activating group) is 3. The van der Waals surface area contributed by atoms with E-state index in [1.54, 1.807) is 68.6 Å². The number of carboxylic acids is 1. The molecule has 44 nitrogen and oxygen atoms in total. The molecule has 3 saturated heterocycles. The number of H-pyrrole nitrogens is 2. The topological polar surface area (TPSA) is 663 Å². The average molecular weight is 1970 g/mol. The highest BCUT2D eigenvalue weighted by atomic mass is 32.2. The van der Waals surface area contributed by atoms with E-state index in [1.807, 2.05) is 13.8 Å². The molecule has 760 valence electrons. The SMILES string of the molecule is CCCCC[C@H]1C(=O)N[C@@H](CC(C)C)C(=O)N[C@H](C(=O)NCC(N)=O)CSCC(=O)N[C@@H](Cc2ccc(O)cc2)C(=O)N(C)[C@@H](C)C(=O)N[C@@H](CC(N)=O)C(=O)N2CCC[C@H]2C(=O)N[C@@H](Cc2cnc[nH]2)C(=O)N[C@@H](CCC(N)=O)C(=O)N2C[C@H](O)C[C@H]2C(=O)C[C@@H](Cc2c[nH]c3ccccc23)C(=O)N[C@@H](CCN)C(=O)N[C@@H](Cc2cn(CC(=O)O)c3ccccc23)C(=O)N(C)[C@@H](CCCC)C(=O)N1C. The number of carboxylic acid groups (broad SMARTS) is 1. The van der Waals surface area contributed by atoms with Crippen molar-refractivity contribution in [1.29, 1.82) is 0 Å². The number of phenolic OH excluding ortho intramolecular Hbond substituents is 1. The Kier molecular flexibility index (Phi) is 41.0. The number of Topliss-reactive ketones (excluding diaryl/α,β-unsaturated/α-hetero) is 1. The normalized spacial score (nSPS) is 24.4. The first kappa shape index (κ1) is 110. The second-order valence-electron chi connectivity index (χ2n) is 36.4. The van der Waals surface area contributed by atoms with E-state index in [-0.39, 0.29) is 94.7 Å². The van der Waals surface area contributed by atoms with Crippen molar-refractivity contribution in [3.8, 4) is 5.75 Å². The van der Waals surface area contributed by atoms with Crippen LogP contribution in [0.15, 0.2) is 97.7 Å². The predicted octanol–water partition coefficient (Wildman–Crippen LogP) is -1.53. The molecule has 15 atom stereocenters. The van der Waals surface area contributed by atoms with Crippen LogP contribution >= 0.6 is 11.8 Å². The summed E-state index contributed by atoms with van der Waals surface area (Å²) in [6.07, 6.45) is 2.01. The van der Waals surface area contributed by atoms with E-state index < -0.39 is 266 Å². The first-order valence-electron chi connectivity index (χ1n) is 47.1. The minimum atomic E-state index is -1.81. The van der Waals surface area contributed by atoms with Crippen LogP contribution in [0, 0.1) is 11.8 Å². The van der Waals surface area contributed by atoms with Gasteiger partial charge >= 0.3 is 5.97 Å². The minimum absolute atomic E-state index is 0.00430. The maximum Gasteiger partial charge on any atom is 0.323 e. The lowest BCUT2D eigenvalue weighted by molar-refractivity contribution is -0.149. The van der Waals surface area contributed by atoms with E-state index in [0.717, 1.165) is 31.4 Å². The Morgan fingerprint density at radius 3 is 1.86 bits per heavy atom. The molecule has 0 aliphatic carbocycles. The monoisotopic (exact) mass is 1960 g/mol. The van der Waals surface area contributed by atoms with E-state index in [9.17, 15) is 68.1 Å². The second-order valence-corrected chi connectivity index (χ2v) is 37.4. The third-order valence-corrected chi connectivity index (χ3v) is 26.4. The van der Waals surface area contributed by atoms with Gasteiger partial charge in [0.1, 0.15) is 84.8 Å². The molecule has 22 N–H and O–H groups in total. The standard InChI is InChI=1S/C95H132N22O22S/c1-9-11-13-24-73-89(133)107-66(35-52(3)4)87(131)111-71(85(129)102-45-80(99)123)49-140-50-81(124)104-68(36-54-26-28-59(118)29-27-54)91(135)112(6)53(5)83(127)109-70(42-79(98)122)94(138)116-34-18-25-74(116)90(134)108-67(40-58-44-100-51-103-58)88(132)106-65(30-31-78(97)121)93(137)117-47-60(119)41-76(117)77(120)39-55(37-56-43-101-63-21-16-14-19-61(56)63)84(128)105-64(32-33-96)86(130)110-69(92(136)114(8)75(22-12-10-2)95(139)113(73)7)38-57-46-115(48-82(125)126)72-23-17-15-20-62(57)72/h14-17,19-21,23,26-29,43-44,46,51-53,55,60,64-71,73-76,101,118-119H,9-13,18,22,24-25,30-42,45,47-50,96H2,1-8H3,(H2,97,121)(H2,98,122)(H2,99,123)(H,100,103)(H,102,129)(H,104,124)(H,105,128)(H,106,132)(H,107,133)(H,108,134)(H,109,127)(H,110,130)(H,111,131)(H,125,126)/t53-,55+,60+,64-,65-,66-,67-,68-,69-,70-,71-,73-,74-,75-,76-/m0/s1. The zero-order chi connectivity index (χ0) is 102. The van der Waals surface area contributed by atoms with E-state index in [0.29, 0.717) is 70.6 Å². The number of aliphatic hydroxyl groups is 1. The predicted molar refractivity (Wildman–Crippen MR) is 513 cm³/mol. The number of ketones is 1. The summed E-state index contributed by atoms with van der Waals surface area (Å²) in [6, 6.07) is -1.12. The number of carbonyl (C=O) groups is 19. The van der Waals surface area contributed by atoms with Gasteiger partial charge in [-0.05, 0) is 112 Å². The van der Waals surface area contributed by atoms with Gasteiger partial charge in [0.05, 0.1) is 37.2 Å². The van der Waals surface area contributed by atoms with Gasteiger partial charge in [-0.3, -0.25) is 91.1 Å². The molecule has 17 amide bonds. The zero-order valence-electron chi connectivity index (χ0n) is 80.0. The van der Waals surface area contributed by atoms with Crippen molar-refractivity contribution in [3.63, 3.8) is 0 Å². The number of aliphatic hydroxyl groups excluding tert-OH is 1. The summed E-state index contributed by atoms with van der Waals surface area (Å²) < 4.78 is 1.44. The number of aromatic amines is 2. The molecule has 3 aliphatic rings. The Bertz CT molecular complexity index is 5440. The number of nitrogens with two attached hydrogens (primary N) is 4. The van der Waals surface area contributed by atoms with Gasteiger partial charge in [0, 0.05) is 131 Å². The Hall–Kier alpha value is -13.9. The number of thioether (sulfide) groups is 1. The van der Waals surface area contributed by atoms with Gasteiger partial charge in [0.25, 0.3) is 0 Å². The number of hydrogen-bond acceptors (Lipinski definition) is 24. The Morgan fingerprint density at radius 1 is 0.579 bits per heavy atom. The summed E-state index contributed by atoms with van der Waals surface area (Å²) >= 11 is 0.778. The smallest absolute Gasteiger partial charge is 0.323 e. The van der Waals surface area contributed by atoms with E-state index in [2.05, 4.69) is 62.8 Å². The maximum atomic E-state index is 16.0. The Morgan fingerprint density at radius 2 is 1.20 bits per heavy atom. The number of imidazole rings is 1. The number of fused-ring (bicyclic) bond motifs is 4. The molecule has 0 spiro atoms. The van der Waals surface area contributed by atoms with Gasteiger partial charge in [-0.1, -0.05) is 108 Å². The lowest BCUT2D eigenvalue weighted by atomic mass is 9.90. The van der Waals surface area contributed by atoms with Crippen LogP contribution < -0.4 is 70.8 Å². The highest BCUT2D eigenvalue weighted by Crippen LogP contribution is 2.31. The number of primary amides is 3. The fourth-order valence-corrected chi connectivity index (χ4v) is 18.6. The lowest BCUT2D eigenvalue weighted by Crippen LogP contribution is -2.60. The van der Waals surface area contributed by atoms with Crippen LogP contribution in [-0.4, -0.2) is 315 Å². The molecular formula is C95H132N22O22S. The summed E-state index contributed by atoms with van der Waals surface area (Å²) in [4.78, 5) is 293. The maximum absolute atomic E-state index is 16.0. The van der Waals surface area contributed by atoms with Crippen LogP contribution in [0.5, 0.6) is 5.75 Å². The van der Waals surface area contributed by atoms with Crippen molar-refractivity contribution in [2.75, 3.05) is 58.8 Å². The summed E-state index contributed by atoms with van der Waals surface area (Å²) in [5.74, 6) is -21.0. The van der Waals surface area contributed by atoms with E-state index in [4.69, 9.17) is 22.9 Å². The quantitative estimate of drug-likeness (QED) is 0.0237. The molecule has 3 aromatic carbocycles. The van der Waals surface area contributed by atoms with Crippen molar-refractivity contribution in [3.05, 3.63) is 120 Å². The summed E-state index contributed by atoms with van der Waals surface area (Å²) in [7, 11) is 3.91. The van der Waals surface area contributed by atoms with E-state index >= 15 is 38.4 Å². The van der Waals surface area contributed by atoms with Gasteiger partial charge < -0.3 is 125 Å². The number of hydrogen-bond donors (Lipinski definition) is 18. The number of aromatic hydroxyl groups is 1. The Labute approximate surface area is 813 Å². The molecule has 6 heterocycles. The number of para-hydroxylation sites is 2. The second kappa shape index (κ2) is 52.2. The third-order valence-electron chi connectivity index (χ3n) is 25.3. The number of phenols is 1. The number of unbranched alkanes of at least 4 members (excludes halogenated alkanes) is 3. The zero-order valence-corrected chi connectivity index (χ0v) is 80.8. The molecule has 3 fully saturated rings. The lowest BCUT2D eigenvalue weighted by Gasteiger charge is -2.36. The van der Waals surface area contributed by atoms with E-state index in [1.165, 1.54) is 80.5 Å². The molecule has 6 aromatic rings. The molecule has 3 aliphatic heterocycles. The largest absolute Gasteiger partial charge is 0.508 e. The number of nitrogens with zero attached hydrogens (tertiary/aromatic N) is 7. The molecule has 0 radical (unpaired) electrons. The number of amides is 17. The number of aromatic nitrogens is 4. The number of benzene rings is 3. The van der Waals surface area contributed by atoms with Gasteiger partial charge in [-0.2, -0.15) is 0 Å². The minimum Gasteiger partial charge on any atom is -0.508 e. The molecule has 3 aromatic heterocycles. The third kappa shape index (κ3) is 30.6. The van der Waals surface area contributed by atoms with Crippen molar-refractivity contribution in [2.45, 2.75) is 254 Å². The van der Waals surface area contributed by atoms with Crippen molar-refractivity contribution >= 4 is 146 Å². The molecule has 0 unspecified atom stereocenters. The summed E-state index contributed by atoms with van der Waals surface area (Å²) in [6.45, 7) is 6.29. The van der Waals surface area contributed by atoms with Gasteiger partial charge in [-0.25, -0.2) is 4.98 Å². The van der Waals surface area contributed by atoms with Gasteiger partial charge in [0.15, 0.2) is 5.78 Å². The molecule has 0 bridgehead atoms. The molecule has 9 rings (SSSR count). The van der Waals surface area contributed by atoms with Gasteiger partial charge in [0.2, 0.25) is 100 Å². The summed E-state index contributed by atoms with van der Waals surface area (Å²) in [5, 5.41) is 56.9. The fraction of sp³-hybridized carbons (Fsp3) is 0.537. The van der Waals surface area contributed by atoms with Crippen molar-refractivity contribution in [2.24, 2.45) is 34.8 Å². The summed E-state index contributed by atoms with van der Waals surface area (Å²) in [5.41, 5.74) is 25.7. The van der Waals surface area contributed by atoms with Crippen LogP contribution in [0.4, 0.5) is 0 Å². The number of rotatable bonds is 29. The van der Waals surface area contributed by atoms with Crippen molar-refractivity contribution in [1.82, 2.24) is 91.9 Å². The Balaban J connectivity index is 1.13. The van der Waals surface area contributed by atoms with Crippen LogP contribution in [-0.2, 0) is 123 Å². The molecule has 45 heteroatoms. The molecule has 0 saturated carbocycles. The number of nitrogens with one attached hydrogen (secondary N) is 11. The number of carbonyl (C=O) groups excluding carboxylic acids is 18. The first-order valence-corrected chi connectivity index (χ1v) is 48.3. The fourth-order valence-electron chi connectivity index (χ4n) is 17.7. The molecular weight excluding hydrogens is 1830 g/mol. The highest BCUT2D eigenvalue weighted by Gasteiger charge is 2.47. The average Bonchev–Trinajstić information content (AvgIpc) is 1.57. The van der Waals surface area contributed by atoms with Crippen LogP contribution in [0.1, 0.15) is 160 Å². The van der Waals surface area contributed by atoms with Gasteiger partial charge in [-0.15, -0.1) is 11.8 Å². The number of aliphatic carboxylic acids is 1. The van der Waals surface area contributed by atoms with Crippen molar-refractivity contribution < 1.29 is 106 Å². The first-order chi connectivity index (χ1) is 66.6. The molecule has 140 heavy (non-hydrogen) atoms. The highest BCUT2D eigenvalue weighted by molar-refractivity contribution is 8.00. The van der Waals surface area contributed by atoms with Crippen LogP contribution in [0.25, 0.3) is 21.8 Å². The van der Waals surface area contributed by atoms with Crippen LogP contribution in [0.3, 0.4) is 0 Å². The van der Waals surface area contributed by atoms with Crippen LogP contribution in [0.2, 0.25) is 0 Å².